The standard InChI is InChI=1S/C25H44O6/c1-10-12-14(3)13-15(4)25(31-20(9)26)19(8)24(30)18(7)23(29)17(6)22(28)16(5)21(27)11-2/h12-13,16-19,21-23,25,27-29H,10-11H2,1-9H3/b14-12+,15-13+/t16-,17-,18-,19-,21+,22-,23+,25+/m0/s1. The second-order valence-corrected chi connectivity index (χ2v) is 8.93. The van der Waals surface area contributed by atoms with Crippen molar-refractivity contribution in [1.82, 2.24) is 0 Å². The highest BCUT2D eigenvalue weighted by Gasteiger charge is 2.38. The van der Waals surface area contributed by atoms with Gasteiger partial charge in [-0.3, -0.25) is 9.59 Å². The second kappa shape index (κ2) is 13.8. The van der Waals surface area contributed by atoms with Gasteiger partial charge < -0.3 is 20.1 Å². The molecule has 0 spiro atoms. The van der Waals surface area contributed by atoms with Crippen molar-refractivity contribution in [2.24, 2.45) is 23.7 Å². The number of aliphatic hydroxyl groups excluding tert-OH is 3. The molecule has 0 aliphatic carbocycles. The zero-order valence-corrected chi connectivity index (χ0v) is 20.8. The number of ketones is 1. The van der Waals surface area contributed by atoms with Crippen molar-refractivity contribution < 1.29 is 29.6 Å². The zero-order chi connectivity index (χ0) is 24.5. The first-order valence-electron chi connectivity index (χ1n) is 11.4. The molecule has 6 heteroatoms. The molecule has 3 N–H and O–H groups in total. The van der Waals surface area contributed by atoms with E-state index in [4.69, 9.17) is 4.74 Å². The normalized spacial score (nSPS) is 20.8. The van der Waals surface area contributed by atoms with Crippen LogP contribution < -0.4 is 0 Å². The number of Topliss-reactive ketones (excluding diaryl/α,β-unsaturated/α-hetero) is 1. The minimum Gasteiger partial charge on any atom is -0.457 e. The molecular formula is C25H44O6. The van der Waals surface area contributed by atoms with Crippen molar-refractivity contribution >= 4 is 11.8 Å². The number of hydrogen-bond acceptors (Lipinski definition) is 6. The SMILES string of the molecule is CC/C=C(C)/C=C(\C)[C@@H](OC(C)=O)[C@@H](C)C(=O)[C@@H](C)[C@H](O)[C@@H](C)[C@@H](O)[C@@H](C)[C@H](O)CC. The van der Waals surface area contributed by atoms with Crippen molar-refractivity contribution in [3.05, 3.63) is 23.3 Å². The van der Waals surface area contributed by atoms with Crippen molar-refractivity contribution in [1.29, 1.82) is 0 Å². The largest absolute Gasteiger partial charge is 0.457 e. The molecule has 31 heavy (non-hydrogen) atoms. The summed E-state index contributed by atoms with van der Waals surface area (Å²) in [6.45, 7) is 15.7. The van der Waals surface area contributed by atoms with E-state index in [-0.39, 0.29) is 5.78 Å². The minimum atomic E-state index is -1.10. The Morgan fingerprint density at radius 3 is 1.87 bits per heavy atom. The Morgan fingerprint density at radius 2 is 1.42 bits per heavy atom. The Morgan fingerprint density at radius 1 is 0.871 bits per heavy atom. The molecule has 0 aromatic heterocycles. The fourth-order valence-corrected chi connectivity index (χ4v) is 4.06. The fourth-order valence-electron chi connectivity index (χ4n) is 4.06. The highest BCUT2D eigenvalue weighted by atomic mass is 16.5. The quantitative estimate of drug-likeness (QED) is 0.297. The van der Waals surface area contributed by atoms with E-state index < -0.39 is 54.1 Å². The molecule has 0 aromatic carbocycles. The molecule has 0 saturated carbocycles. The lowest BCUT2D eigenvalue weighted by molar-refractivity contribution is -0.150. The Bertz CT molecular complexity index is 638. The monoisotopic (exact) mass is 440 g/mol. The summed E-state index contributed by atoms with van der Waals surface area (Å²) >= 11 is 0. The molecule has 6 nitrogen and oxygen atoms in total. The van der Waals surface area contributed by atoms with Crippen molar-refractivity contribution in [3.8, 4) is 0 Å². The van der Waals surface area contributed by atoms with Gasteiger partial charge >= 0.3 is 5.97 Å². The third-order valence-electron chi connectivity index (χ3n) is 6.23. The summed E-state index contributed by atoms with van der Waals surface area (Å²) in [6, 6.07) is 0. The number of esters is 1. The van der Waals surface area contributed by atoms with Gasteiger partial charge in [-0.15, -0.1) is 0 Å². The number of aliphatic hydroxyl groups is 3. The summed E-state index contributed by atoms with van der Waals surface area (Å²) < 4.78 is 5.48. The molecule has 0 fully saturated rings. The third kappa shape index (κ3) is 8.87. The van der Waals surface area contributed by atoms with E-state index in [0.717, 1.165) is 17.6 Å². The van der Waals surface area contributed by atoms with Crippen LogP contribution in [0.5, 0.6) is 0 Å². The van der Waals surface area contributed by atoms with Crippen LogP contribution in [0.1, 0.15) is 75.2 Å². The van der Waals surface area contributed by atoms with E-state index in [1.807, 2.05) is 39.8 Å². The Kier molecular flexibility index (Phi) is 13.1. The van der Waals surface area contributed by atoms with Crippen LogP contribution in [-0.2, 0) is 14.3 Å². The van der Waals surface area contributed by atoms with E-state index >= 15 is 0 Å². The Hall–Kier alpha value is -1.50. The summed E-state index contributed by atoms with van der Waals surface area (Å²) in [5.74, 6) is -3.20. The Balaban J connectivity index is 5.60. The molecule has 0 rings (SSSR count). The summed E-state index contributed by atoms with van der Waals surface area (Å²) in [7, 11) is 0. The maximum absolute atomic E-state index is 13.2. The van der Waals surface area contributed by atoms with E-state index in [1.54, 1.807) is 27.7 Å². The number of hydrogen-bond donors (Lipinski definition) is 3. The smallest absolute Gasteiger partial charge is 0.303 e. The van der Waals surface area contributed by atoms with Gasteiger partial charge in [0.1, 0.15) is 11.9 Å². The lowest BCUT2D eigenvalue weighted by Gasteiger charge is -2.34. The molecule has 180 valence electrons. The van der Waals surface area contributed by atoms with Crippen LogP contribution in [0.2, 0.25) is 0 Å². The van der Waals surface area contributed by atoms with Gasteiger partial charge in [-0.1, -0.05) is 59.3 Å². The first kappa shape index (κ1) is 29.5. The average Bonchev–Trinajstić information content (AvgIpc) is 2.72. The summed E-state index contributed by atoms with van der Waals surface area (Å²) in [5.41, 5.74) is 1.78. The van der Waals surface area contributed by atoms with Crippen LogP contribution >= 0.6 is 0 Å². The van der Waals surface area contributed by atoms with Gasteiger partial charge in [0.05, 0.1) is 24.2 Å². The molecule has 0 bridgehead atoms. The second-order valence-electron chi connectivity index (χ2n) is 8.93. The van der Waals surface area contributed by atoms with Crippen LogP contribution in [-0.4, -0.2) is 51.5 Å². The van der Waals surface area contributed by atoms with Gasteiger partial charge in [0.25, 0.3) is 0 Å². The molecule has 0 heterocycles. The van der Waals surface area contributed by atoms with Gasteiger partial charge in [0, 0.05) is 24.7 Å². The average molecular weight is 441 g/mol. The molecule has 0 amide bonds. The zero-order valence-electron chi connectivity index (χ0n) is 20.8. The van der Waals surface area contributed by atoms with E-state index in [9.17, 15) is 24.9 Å². The highest BCUT2D eigenvalue weighted by molar-refractivity contribution is 5.84. The van der Waals surface area contributed by atoms with E-state index in [1.165, 1.54) is 6.92 Å². The minimum absolute atomic E-state index is 0.244. The van der Waals surface area contributed by atoms with Crippen LogP contribution in [0.3, 0.4) is 0 Å². The lowest BCUT2D eigenvalue weighted by Crippen LogP contribution is -2.45. The van der Waals surface area contributed by atoms with Crippen molar-refractivity contribution in [3.63, 3.8) is 0 Å². The van der Waals surface area contributed by atoms with E-state index in [0.29, 0.717) is 6.42 Å². The van der Waals surface area contributed by atoms with Gasteiger partial charge in [-0.05, 0) is 32.3 Å². The van der Waals surface area contributed by atoms with Gasteiger partial charge in [0.2, 0.25) is 0 Å². The molecule has 0 unspecified atom stereocenters. The lowest BCUT2D eigenvalue weighted by atomic mass is 9.77. The van der Waals surface area contributed by atoms with Crippen molar-refractivity contribution in [2.75, 3.05) is 0 Å². The van der Waals surface area contributed by atoms with Crippen molar-refractivity contribution in [2.45, 2.75) is 99.6 Å². The third-order valence-corrected chi connectivity index (χ3v) is 6.23. The summed E-state index contributed by atoms with van der Waals surface area (Å²) in [4.78, 5) is 24.9. The van der Waals surface area contributed by atoms with Crippen LogP contribution in [0.25, 0.3) is 0 Å². The molecular weight excluding hydrogens is 396 g/mol. The molecule has 8 atom stereocenters. The molecule has 0 aliphatic heterocycles. The number of ether oxygens (including phenoxy) is 1. The molecule has 0 saturated heterocycles. The predicted octanol–water partition coefficient (Wildman–Crippen LogP) is 3.83. The first-order valence-corrected chi connectivity index (χ1v) is 11.4. The fraction of sp³-hybridized carbons (Fsp3) is 0.760. The van der Waals surface area contributed by atoms with Gasteiger partial charge in [-0.25, -0.2) is 0 Å². The molecule has 0 aromatic rings. The van der Waals surface area contributed by atoms with Crippen LogP contribution in [0, 0.1) is 23.7 Å². The molecule has 0 aliphatic rings. The van der Waals surface area contributed by atoms with Gasteiger partial charge in [0.15, 0.2) is 0 Å². The van der Waals surface area contributed by atoms with E-state index in [2.05, 4.69) is 0 Å². The number of allylic oxidation sites excluding steroid dienone is 3. The first-order chi connectivity index (χ1) is 14.3. The number of rotatable bonds is 13. The summed E-state index contributed by atoms with van der Waals surface area (Å²) in [6.07, 6.45) is 1.84. The highest BCUT2D eigenvalue weighted by Crippen LogP contribution is 2.28. The van der Waals surface area contributed by atoms with Crippen LogP contribution in [0.15, 0.2) is 23.3 Å². The predicted molar refractivity (Wildman–Crippen MR) is 123 cm³/mol. The topological polar surface area (TPSA) is 104 Å². The Labute approximate surface area is 188 Å². The maximum Gasteiger partial charge on any atom is 0.303 e. The molecule has 0 radical (unpaired) electrons. The number of carbonyl (C=O) groups is 2. The number of carbonyl (C=O) groups excluding carboxylic acids is 2. The van der Waals surface area contributed by atoms with Gasteiger partial charge in [-0.2, -0.15) is 0 Å². The van der Waals surface area contributed by atoms with Crippen LogP contribution in [0.4, 0.5) is 0 Å². The maximum atomic E-state index is 13.2. The summed E-state index contributed by atoms with van der Waals surface area (Å²) in [5, 5.41) is 31.4.